The maximum atomic E-state index is 11.3. The van der Waals surface area contributed by atoms with Crippen LogP contribution >= 0.6 is 0 Å². The maximum absolute atomic E-state index is 11.3. The van der Waals surface area contributed by atoms with Crippen molar-refractivity contribution in [2.24, 2.45) is 5.10 Å². The summed E-state index contributed by atoms with van der Waals surface area (Å²) in [6.45, 7) is 3.87. The highest BCUT2D eigenvalue weighted by molar-refractivity contribution is 5.97. The molecule has 86 valence electrons. The van der Waals surface area contributed by atoms with Crippen molar-refractivity contribution in [3.05, 3.63) is 30.1 Å². The van der Waals surface area contributed by atoms with Crippen molar-refractivity contribution in [2.75, 3.05) is 0 Å². The molecule has 0 bridgehead atoms. The summed E-state index contributed by atoms with van der Waals surface area (Å²) in [6.07, 6.45) is 4.13. The van der Waals surface area contributed by atoms with Crippen LogP contribution in [0, 0.1) is 0 Å². The second-order valence-corrected chi connectivity index (χ2v) is 3.55. The van der Waals surface area contributed by atoms with Gasteiger partial charge in [-0.05, 0) is 25.5 Å². The van der Waals surface area contributed by atoms with Crippen LogP contribution in [0.4, 0.5) is 0 Å². The number of unbranched alkanes of at least 4 members (excludes halogenated alkanes) is 1. The van der Waals surface area contributed by atoms with Gasteiger partial charge in [0.15, 0.2) is 0 Å². The molecular weight excluding hydrogens is 202 g/mol. The first-order valence-electron chi connectivity index (χ1n) is 5.48. The van der Waals surface area contributed by atoms with Crippen molar-refractivity contribution in [3.63, 3.8) is 0 Å². The van der Waals surface area contributed by atoms with E-state index in [1.807, 2.05) is 25.1 Å². The molecule has 0 aliphatic rings. The smallest absolute Gasteiger partial charge is 0.240 e. The van der Waals surface area contributed by atoms with E-state index in [9.17, 15) is 4.79 Å². The van der Waals surface area contributed by atoms with Gasteiger partial charge < -0.3 is 0 Å². The lowest BCUT2D eigenvalue weighted by molar-refractivity contribution is -0.121. The van der Waals surface area contributed by atoms with Gasteiger partial charge in [0.1, 0.15) is 0 Å². The molecule has 0 radical (unpaired) electrons. The Kier molecular flexibility index (Phi) is 5.19. The number of hydrogen-bond donors (Lipinski definition) is 1. The van der Waals surface area contributed by atoms with Crippen LogP contribution in [-0.4, -0.2) is 16.6 Å². The molecule has 1 N–H and O–H groups in total. The number of pyridine rings is 1. The molecule has 1 amide bonds. The van der Waals surface area contributed by atoms with Crippen LogP contribution in [0.5, 0.6) is 0 Å². The summed E-state index contributed by atoms with van der Waals surface area (Å²) in [6, 6.07) is 5.59. The number of hydrogen-bond acceptors (Lipinski definition) is 3. The fourth-order valence-corrected chi connectivity index (χ4v) is 1.17. The minimum absolute atomic E-state index is 0.0443. The van der Waals surface area contributed by atoms with Gasteiger partial charge in [0.25, 0.3) is 0 Å². The molecule has 0 aromatic carbocycles. The van der Waals surface area contributed by atoms with E-state index in [2.05, 4.69) is 22.4 Å². The average molecular weight is 219 g/mol. The SMILES string of the molecule is CCCCC(=O)N/N=C(\C)c1ccccn1. The number of nitrogens with one attached hydrogen (secondary N) is 1. The Morgan fingerprint density at radius 1 is 1.50 bits per heavy atom. The molecule has 0 unspecified atom stereocenters. The van der Waals surface area contributed by atoms with E-state index < -0.39 is 0 Å². The molecule has 0 saturated heterocycles. The van der Waals surface area contributed by atoms with Crippen molar-refractivity contribution in [1.82, 2.24) is 10.4 Å². The Bertz CT molecular complexity index is 360. The first kappa shape index (κ1) is 12.4. The monoisotopic (exact) mass is 219 g/mol. The molecular formula is C12H17N3O. The third kappa shape index (κ3) is 4.21. The van der Waals surface area contributed by atoms with Crippen LogP contribution in [0.2, 0.25) is 0 Å². The van der Waals surface area contributed by atoms with E-state index in [0.717, 1.165) is 18.5 Å². The Balaban J connectivity index is 2.48. The van der Waals surface area contributed by atoms with Crippen molar-refractivity contribution < 1.29 is 4.79 Å². The molecule has 0 aliphatic heterocycles. The summed E-state index contributed by atoms with van der Waals surface area (Å²) in [4.78, 5) is 15.4. The zero-order chi connectivity index (χ0) is 11.8. The molecule has 0 saturated carbocycles. The third-order valence-corrected chi connectivity index (χ3v) is 2.14. The van der Waals surface area contributed by atoms with Crippen LogP contribution in [0.1, 0.15) is 38.8 Å². The molecule has 0 aliphatic carbocycles. The van der Waals surface area contributed by atoms with Gasteiger partial charge >= 0.3 is 0 Å². The maximum Gasteiger partial charge on any atom is 0.240 e. The quantitative estimate of drug-likeness (QED) is 0.609. The van der Waals surface area contributed by atoms with E-state index in [4.69, 9.17) is 0 Å². The summed E-state index contributed by atoms with van der Waals surface area (Å²) >= 11 is 0. The zero-order valence-corrected chi connectivity index (χ0v) is 9.73. The molecule has 1 aromatic heterocycles. The molecule has 1 aromatic rings. The largest absolute Gasteiger partial charge is 0.273 e. The first-order chi connectivity index (χ1) is 7.74. The highest BCUT2D eigenvalue weighted by Gasteiger charge is 2.00. The molecule has 16 heavy (non-hydrogen) atoms. The summed E-state index contributed by atoms with van der Waals surface area (Å²) in [5, 5.41) is 4.00. The number of rotatable bonds is 5. The van der Waals surface area contributed by atoms with E-state index >= 15 is 0 Å². The summed E-state index contributed by atoms with van der Waals surface area (Å²) < 4.78 is 0. The Hall–Kier alpha value is -1.71. The number of hydrazone groups is 1. The fraction of sp³-hybridized carbons (Fsp3) is 0.417. The summed E-state index contributed by atoms with van der Waals surface area (Å²) in [5.41, 5.74) is 4.01. The standard InChI is InChI=1S/C12H17N3O/c1-3-4-8-12(16)15-14-10(2)11-7-5-6-9-13-11/h5-7,9H,3-4,8H2,1-2H3,(H,15,16)/b14-10+. The third-order valence-electron chi connectivity index (χ3n) is 2.14. The van der Waals surface area contributed by atoms with Gasteiger partial charge in [-0.25, -0.2) is 5.43 Å². The van der Waals surface area contributed by atoms with Gasteiger partial charge in [-0.1, -0.05) is 19.4 Å². The lowest BCUT2D eigenvalue weighted by Gasteiger charge is -2.01. The molecule has 0 spiro atoms. The minimum atomic E-state index is -0.0443. The van der Waals surface area contributed by atoms with E-state index in [-0.39, 0.29) is 5.91 Å². The summed E-state index contributed by atoms with van der Waals surface area (Å²) in [7, 11) is 0. The van der Waals surface area contributed by atoms with E-state index in [1.165, 1.54) is 0 Å². The predicted octanol–water partition coefficient (Wildman–Crippen LogP) is 2.11. The number of aromatic nitrogens is 1. The van der Waals surface area contributed by atoms with Crippen LogP contribution in [0.3, 0.4) is 0 Å². The molecule has 4 nitrogen and oxygen atoms in total. The molecule has 1 heterocycles. The van der Waals surface area contributed by atoms with Crippen LogP contribution < -0.4 is 5.43 Å². The minimum Gasteiger partial charge on any atom is -0.273 e. The molecule has 1 rings (SSSR count). The van der Waals surface area contributed by atoms with Crippen LogP contribution in [-0.2, 0) is 4.79 Å². The second kappa shape index (κ2) is 6.71. The van der Waals surface area contributed by atoms with Crippen molar-refractivity contribution in [1.29, 1.82) is 0 Å². The van der Waals surface area contributed by atoms with Crippen molar-refractivity contribution in [3.8, 4) is 0 Å². The summed E-state index contributed by atoms with van der Waals surface area (Å²) in [5.74, 6) is -0.0443. The van der Waals surface area contributed by atoms with Gasteiger partial charge in [0, 0.05) is 12.6 Å². The Morgan fingerprint density at radius 3 is 2.94 bits per heavy atom. The lowest BCUT2D eigenvalue weighted by Crippen LogP contribution is -2.19. The Morgan fingerprint density at radius 2 is 2.31 bits per heavy atom. The van der Waals surface area contributed by atoms with Gasteiger partial charge in [-0.2, -0.15) is 5.10 Å². The average Bonchev–Trinajstić information content (AvgIpc) is 2.34. The second-order valence-electron chi connectivity index (χ2n) is 3.55. The van der Waals surface area contributed by atoms with E-state index in [0.29, 0.717) is 12.1 Å². The molecule has 4 heteroatoms. The highest BCUT2D eigenvalue weighted by Crippen LogP contribution is 1.96. The normalized spacial score (nSPS) is 11.2. The molecule has 0 atom stereocenters. The van der Waals surface area contributed by atoms with Gasteiger partial charge in [0.2, 0.25) is 5.91 Å². The zero-order valence-electron chi connectivity index (χ0n) is 9.73. The number of carbonyl (C=O) groups is 1. The molecule has 0 fully saturated rings. The fourth-order valence-electron chi connectivity index (χ4n) is 1.17. The number of amides is 1. The Labute approximate surface area is 95.8 Å². The van der Waals surface area contributed by atoms with Gasteiger partial charge in [-0.3, -0.25) is 9.78 Å². The highest BCUT2D eigenvalue weighted by atomic mass is 16.2. The van der Waals surface area contributed by atoms with Gasteiger partial charge in [0.05, 0.1) is 11.4 Å². The number of nitrogens with zero attached hydrogens (tertiary/aromatic N) is 2. The van der Waals surface area contributed by atoms with Crippen molar-refractivity contribution >= 4 is 11.6 Å². The first-order valence-corrected chi connectivity index (χ1v) is 5.48. The van der Waals surface area contributed by atoms with E-state index in [1.54, 1.807) is 6.20 Å². The predicted molar refractivity (Wildman–Crippen MR) is 64.1 cm³/mol. The number of carbonyl (C=O) groups excluding carboxylic acids is 1. The topological polar surface area (TPSA) is 54.4 Å². The van der Waals surface area contributed by atoms with Crippen molar-refractivity contribution in [2.45, 2.75) is 33.1 Å². The van der Waals surface area contributed by atoms with Crippen LogP contribution in [0.15, 0.2) is 29.5 Å². The van der Waals surface area contributed by atoms with Crippen LogP contribution in [0.25, 0.3) is 0 Å². The van der Waals surface area contributed by atoms with Gasteiger partial charge in [-0.15, -0.1) is 0 Å². The lowest BCUT2D eigenvalue weighted by atomic mass is 10.2.